The lowest BCUT2D eigenvalue weighted by atomic mass is 9.84. The van der Waals surface area contributed by atoms with Crippen LogP contribution in [0.4, 0.5) is 5.69 Å². The molecule has 0 radical (unpaired) electrons. The Labute approximate surface area is 154 Å². The predicted octanol–water partition coefficient (Wildman–Crippen LogP) is 3.70. The van der Waals surface area contributed by atoms with Gasteiger partial charge in [0.25, 0.3) is 0 Å². The van der Waals surface area contributed by atoms with Crippen LogP contribution in [-0.4, -0.2) is 28.0 Å². The van der Waals surface area contributed by atoms with Crippen molar-refractivity contribution in [3.8, 4) is 0 Å². The van der Waals surface area contributed by atoms with Crippen LogP contribution in [0.25, 0.3) is 0 Å². The molecular weight excluding hydrogens is 332 g/mol. The molecule has 1 amide bonds. The highest BCUT2D eigenvalue weighted by Crippen LogP contribution is 2.25. The summed E-state index contributed by atoms with van der Waals surface area (Å²) in [7, 11) is -0.940. The van der Waals surface area contributed by atoms with Crippen molar-refractivity contribution in [1.82, 2.24) is 5.32 Å². The Morgan fingerprint density at radius 2 is 2.00 bits per heavy atom. The molecule has 5 heteroatoms. The molecule has 1 saturated heterocycles. The van der Waals surface area contributed by atoms with Crippen molar-refractivity contribution in [3.63, 3.8) is 0 Å². The molecule has 2 N–H and O–H groups in total. The molecule has 1 fully saturated rings. The molecule has 4 nitrogen and oxygen atoms in total. The summed E-state index contributed by atoms with van der Waals surface area (Å²) in [6.07, 6.45) is 2.87. The van der Waals surface area contributed by atoms with Gasteiger partial charge in [-0.15, -0.1) is 0 Å². The highest BCUT2D eigenvalue weighted by molar-refractivity contribution is 7.85. The molecule has 2 atom stereocenters. The number of hydrogen-bond acceptors (Lipinski definition) is 3. The van der Waals surface area contributed by atoms with Crippen LogP contribution in [0, 0.1) is 11.8 Å². The lowest BCUT2D eigenvalue weighted by Crippen LogP contribution is -2.32. The van der Waals surface area contributed by atoms with E-state index in [1.54, 1.807) is 0 Å². The molecule has 1 aliphatic heterocycles. The summed E-state index contributed by atoms with van der Waals surface area (Å²) in [6, 6.07) is 7.73. The van der Waals surface area contributed by atoms with E-state index in [0.29, 0.717) is 24.0 Å². The van der Waals surface area contributed by atoms with Crippen molar-refractivity contribution in [2.45, 2.75) is 57.5 Å². The van der Waals surface area contributed by atoms with Gasteiger partial charge in [-0.3, -0.25) is 9.00 Å². The van der Waals surface area contributed by atoms with Crippen LogP contribution in [0.3, 0.4) is 0 Å². The Morgan fingerprint density at radius 1 is 1.32 bits per heavy atom. The van der Waals surface area contributed by atoms with Gasteiger partial charge in [0.15, 0.2) is 0 Å². The number of amides is 1. The number of benzene rings is 1. The zero-order valence-corrected chi connectivity index (χ0v) is 16.7. The Bertz CT molecular complexity index is 604. The molecular formula is C20H32N2O2S. The molecule has 1 heterocycles. The fourth-order valence-electron chi connectivity index (χ4n) is 3.19. The normalized spacial score (nSPS) is 18.6. The molecule has 0 saturated carbocycles. The third-order valence-electron chi connectivity index (χ3n) is 4.89. The molecule has 0 bridgehead atoms. The van der Waals surface area contributed by atoms with Crippen LogP contribution in [0.15, 0.2) is 24.3 Å². The van der Waals surface area contributed by atoms with Gasteiger partial charge in [0.2, 0.25) is 5.91 Å². The molecule has 1 aromatic rings. The number of piperidine rings is 1. The van der Waals surface area contributed by atoms with Crippen LogP contribution in [-0.2, 0) is 21.3 Å². The lowest BCUT2D eigenvalue weighted by Gasteiger charge is -2.27. The number of carbonyl (C=O) groups is 1. The second kappa shape index (κ2) is 8.95. The Morgan fingerprint density at radius 3 is 2.64 bits per heavy atom. The third-order valence-corrected chi connectivity index (χ3v) is 6.85. The van der Waals surface area contributed by atoms with Gasteiger partial charge in [-0.2, -0.15) is 0 Å². The standard InChI is InChI=1S/C20H32N2O2S/c1-15(17-8-10-21-11-9-17)12-19(23)22-18-7-5-6-16(13-18)14-25(24)20(2,3)4/h5-7,13,15,17,21H,8-12,14H2,1-4H3,(H,22,23). The predicted molar refractivity (Wildman–Crippen MR) is 106 cm³/mol. The average molecular weight is 365 g/mol. The summed E-state index contributed by atoms with van der Waals surface area (Å²) in [5.41, 5.74) is 1.79. The molecule has 2 unspecified atom stereocenters. The maximum Gasteiger partial charge on any atom is 0.224 e. The lowest BCUT2D eigenvalue weighted by molar-refractivity contribution is -0.117. The number of hydrogen-bond donors (Lipinski definition) is 2. The SMILES string of the molecule is CC(CC(=O)Nc1cccc(CS(=O)C(C)(C)C)c1)C1CCNCC1. The number of anilines is 1. The first-order chi connectivity index (χ1) is 11.8. The molecule has 0 aliphatic carbocycles. The smallest absolute Gasteiger partial charge is 0.224 e. The minimum atomic E-state index is -0.940. The van der Waals surface area contributed by atoms with E-state index in [9.17, 15) is 9.00 Å². The minimum Gasteiger partial charge on any atom is -0.326 e. The van der Waals surface area contributed by atoms with E-state index < -0.39 is 10.8 Å². The fourth-order valence-corrected chi connectivity index (χ4v) is 4.11. The number of rotatable bonds is 6. The van der Waals surface area contributed by atoms with E-state index in [1.165, 1.54) is 0 Å². The van der Waals surface area contributed by atoms with Gasteiger partial charge in [-0.25, -0.2) is 0 Å². The van der Waals surface area contributed by atoms with E-state index in [1.807, 2.05) is 45.0 Å². The molecule has 0 aromatic heterocycles. The van der Waals surface area contributed by atoms with Crippen molar-refractivity contribution >= 4 is 22.4 Å². The molecule has 1 aromatic carbocycles. The van der Waals surface area contributed by atoms with E-state index in [4.69, 9.17) is 0 Å². The molecule has 25 heavy (non-hydrogen) atoms. The topological polar surface area (TPSA) is 58.2 Å². The van der Waals surface area contributed by atoms with Crippen molar-refractivity contribution in [2.24, 2.45) is 11.8 Å². The van der Waals surface area contributed by atoms with Gasteiger partial charge in [-0.05, 0) is 76.2 Å². The largest absolute Gasteiger partial charge is 0.326 e. The molecule has 140 valence electrons. The first-order valence-electron chi connectivity index (χ1n) is 9.23. The summed E-state index contributed by atoms with van der Waals surface area (Å²) in [5.74, 6) is 1.62. The van der Waals surface area contributed by atoms with Gasteiger partial charge in [0.05, 0.1) is 0 Å². The van der Waals surface area contributed by atoms with Gasteiger partial charge in [0, 0.05) is 33.4 Å². The first kappa shape index (κ1) is 20.1. The first-order valence-corrected chi connectivity index (χ1v) is 10.6. The van der Waals surface area contributed by atoms with Gasteiger partial charge >= 0.3 is 0 Å². The van der Waals surface area contributed by atoms with Crippen molar-refractivity contribution in [1.29, 1.82) is 0 Å². The van der Waals surface area contributed by atoms with E-state index in [0.717, 1.165) is 37.2 Å². The highest BCUT2D eigenvalue weighted by atomic mass is 32.2. The van der Waals surface area contributed by atoms with Gasteiger partial charge in [-0.1, -0.05) is 19.1 Å². The Hall–Kier alpha value is -1.20. The fraction of sp³-hybridized carbons (Fsp3) is 0.650. The van der Waals surface area contributed by atoms with E-state index in [2.05, 4.69) is 17.6 Å². The molecule has 0 spiro atoms. The summed E-state index contributed by atoms with van der Waals surface area (Å²) in [5, 5.41) is 6.38. The summed E-state index contributed by atoms with van der Waals surface area (Å²) in [4.78, 5) is 12.4. The second-order valence-electron chi connectivity index (χ2n) is 8.12. The van der Waals surface area contributed by atoms with Crippen molar-refractivity contribution in [2.75, 3.05) is 18.4 Å². The van der Waals surface area contributed by atoms with Gasteiger partial charge in [0.1, 0.15) is 0 Å². The molecule has 2 rings (SSSR count). The van der Waals surface area contributed by atoms with Crippen LogP contribution >= 0.6 is 0 Å². The van der Waals surface area contributed by atoms with Crippen molar-refractivity contribution in [3.05, 3.63) is 29.8 Å². The Balaban J connectivity index is 1.90. The number of nitrogens with one attached hydrogen (secondary N) is 2. The zero-order chi connectivity index (χ0) is 18.4. The van der Waals surface area contributed by atoms with Crippen molar-refractivity contribution < 1.29 is 9.00 Å². The van der Waals surface area contributed by atoms with Crippen LogP contribution in [0.5, 0.6) is 0 Å². The summed E-state index contributed by atoms with van der Waals surface area (Å²) < 4.78 is 12.1. The maximum absolute atomic E-state index is 12.4. The third kappa shape index (κ3) is 6.55. The summed E-state index contributed by atoms with van der Waals surface area (Å²) >= 11 is 0. The summed E-state index contributed by atoms with van der Waals surface area (Å²) in [6.45, 7) is 10.2. The zero-order valence-electron chi connectivity index (χ0n) is 15.9. The molecule has 1 aliphatic rings. The monoisotopic (exact) mass is 364 g/mol. The highest BCUT2D eigenvalue weighted by Gasteiger charge is 2.22. The number of carbonyl (C=O) groups excluding carboxylic acids is 1. The van der Waals surface area contributed by atoms with Crippen LogP contribution in [0.1, 0.15) is 52.5 Å². The second-order valence-corrected chi connectivity index (χ2v) is 10.3. The van der Waals surface area contributed by atoms with E-state index >= 15 is 0 Å². The van der Waals surface area contributed by atoms with Crippen LogP contribution in [0.2, 0.25) is 0 Å². The maximum atomic E-state index is 12.4. The minimum absolute atomic E-state index is 0.0696. The quantitative estimate of drug-likeness (QED) is 0.809. The van der Waals surface area contributed by atoms with Gasteiger partial charge < -0.3 is 10.6 Å². The van der Waals surface area contributed by atoms with Crippen LogP contribution < -0.4 is 10.6 Å². The van der Waals surface area contributed by atoms with E-state index in [-0.39, 0.29) is 10.7 Å². The average Bonchev–Trinajstić information content (AvgIpc) is 2.55. The Kier molecular flexibility index (Phi) is 7.20.